The molecule has 7 nitrogen and oxygen atoms in total. The molecule has 2 atom stereocenters. The quantitative estimate of drug-likeness (QED) is 0.457. The number of aryl methyl sites for hydroxylation is 1. The smallest absolute Gasteiger partial charge is 0.339 e. The minimum Gasteiger partial charge on any atom is -0.444 e. The summed E-state index contributed by atoms with van der Waals surface area (Å²) in [6.07, 6.45) is -3.22. The summed E-state index contributed by atoms with van der Waals surface area (Å²) in [5.74, 6) is -3.17. The molecule has 1 aliphatic heterocycles. The van der Waals surface area contributed by atoms with Crippen LogP contribution in [0.2, 0.25) is 0 Å². The molecule has 0 unspecified atom stereocenters. The Balaban J connectivity index is 1.66. The van der Waals surface area contributed by atoms with Gasteiger partial charge in [0.2, 0.25) is 12.2 Å². The van der Waals surface area contributed by atoms with E-state index in [1.54, 1.807) is 54.6 Å². The Hall–Kier alpha value is -4.26. The highest BCUT2D eigenvalue weighted by Crippen LogP contribution is 2.28. The van der Waals surface area contributed by atoms with Gasteiger partial charge in [-0.25, -0.2) is 14.5 Å². The zero-order valence-electron chi connectivity index (χ0n) is 17.1. The molecule has 0 radical (unpaired) electrons. The zero-order chi connectivity index (χ0) is 22.7. The van der Waals surface area contributed by atoms with Gasteiger partial charge in [0.1, 0.15) is 0 Å². The monoisotopic (exact) mass is 429 g/mol. The molecular formula is C25H19NO6. The number of carbonyl (C=O) groups excluding carboxylic acids is 4. The van der Waals surface area contributed by atoms with E-state index in [1.165, 1.54) is 24.3 Å². The van der Waals surface area contributed by atoms with Crippen molar-refractivity contribution in [1.29, 1.82) is 0 Å². The van der Waals surface area contributed by atoms with Crippen molar-refractivity contribution in [2.24, 2.45) is 0 Å². The van der Waals surface area contributed by atoms with E-state index < -0.39 is 36.0 Å². The molecule has 7 heteroatoms. The fraction of sp³-hybridized carbons (Fsp3) is 0.120. The minimum atomic E-state index is -1.61. The lowest BCUT2D eigenvalue weighted by Gasteiger charge is -2.16. The second kappa shape index (κ2) is 8.85. The van der Waals surface area contributed by atoms with Crippen molar-refractivity contribution in [3.63, 3.8) is 0 Å². The highest BCUT2D eigenvalue weighted by molar-refractivity contribution is 6.25. The van der Waals surface area contributed by atoms with Crippen molar-refractivity contribution >= 4 is 29.4 Å². The number of hydrogen-bond acceptors (Lipinski definition) is 6. The number of imide groups is 1. The minimum absolute atomic E-state index is 0.204. The van der Waals surface area contributed by atoms with Crippen LogP contribution in [-0.4, -0.2) is 36.0 Å². The highest BCUT2D eigenvalue weighted by atomic mass is 16.6. The molecule has 32 heavy (non-hydrogen) atoms. The van der Waals surface area contributed by atoms with E-state index in [0.717, 1.165) is 10.5 Å². The van der Waals surface area contributed by atoms with Crippen LogP contribution in [0.1, 0.15) is 26.3 Å². The molecule has 2 amide bonds. The molecular weight excluding hydrogens is 410 g/mol. The van der Waals surface area contributed by atoms with Gasteiger partial charge in [0.05, 0.1) is 16.8 Å². The lowest BCUT2D eigenvalue weighted by molar-refractivity contribution is -0.130. The first-order chi connectivity index (χ1) is 15.5. The van der Waals surface area contributed by atoms with Gasteiger partial charge in [-0.3, -0.25) is 9.59 Å². The fourth-order valence-corrected chi connectivity index (χ4v) is 3.38. The second-order valence-corrected chi connectivity index (χ2v) is 7.23. The maximum absolute atomic E-state index is 13.2. The number of esters is 2. The number of amides is 2. The first kappa shape index (κ1) is 21.0. The number of carbonyl (C=O) groups is 4. The predicted molar refractivity (Wildman–Crippen MR) is 115 cm³/mol. The largest absolute Gasteiger partial charge is 0.444 e. The average molecular weight is 429 g/mol. The van der Waals surface area contributed by atoms with E-state index >= 15 is 0 Å². The van der Waals surface area contributed by atoms with Gasteiger partial charge in [-0.05, 0) is 48.9 Å². The molecule has 0 spiro atoms. The maximum Gasteiger partial charge on any atom is 0.339 e. The van der Waals surface area contributed by atoms with Gasteiger partial charge in [-0.2, -0.15) is 0 Å². The first-order valence-corrected chi connectivity index (χ1v) is 9.92. The number of benzene rings is 3. The second-order valence-electron chi connectivity index (χ2n) is 7.23. The van der Waals surface area contributed by atoms with E-state index in [9.17, 15) is 19.2 Å². The molecule has 1 fully saturated rings. The summed E-state index contributed by atoms with van der Waals surface area (Å²) in [6.45, 7) is 1.81. The Labute approximate surface area is 184 Å². The Kier molecular flexibility index (Phi) is 5.81. The summed E-state index contributed by atoms with van der Waals surface area (Å²) in [7, 11) is 0. The van der Waals surface area contributed by atoms with Gasteiger partial charge in [0.15, 0.2) is 0 Å². The molecule has 4 rings (SSSR count). The molecule has 160 valence electrons. The summed E-state index contributed by atoms with van der Waals surface area (Å²) in [5.41, 5.74) is 1.54. The van der Waals surface area contributed by atoms with Gasteiger partial charge in [-0.15, -0.1) is 0 Å². The number of rotatable bonds is 5. The Bertz CT molecular complexity index is 1100. The van der Waals surface area contributed by atoms with Gasteiger partial charge < -0.3 is 9.47 Å². The molecule has 3 aromatic carbocycles. The third-order valence-electron chi connectivity index (χ3n) is 4.95. The van der Waals surface area contributed by atoms with Crippen molar-refractivity contribution in [3.05, 3.63) is 102 Å². The lowest BCUT2D eigenvalue weighted by Crippen LogP contribution is -2.37. The third-order valence-corrected chi connectivity index (χ3v) is 4.95. The molecule has 0 aliphatic carbocycles. The molecule has 0 aromatic heterocycles. The number of anilines is 1. The van der Waals surface area contributed by atoms with E-state index in [1.807, 2.05) is 13.0 Å². The van der Waals surface area contributed by atoms with Crippen LogP contribution in [0.4, 0.5) is 5.69 Å². The lowest BCUT2D eigenvalue weighted by atomic mass is 10.2. The van der Waals surface area contributed by atoms with E-state index in [0.29, 0.717) is 5.69 Å². The summed E-state index contributed by atoms with van der Waals surface area (Å²) < 4.78 is 10.8. The standard InChI is InChI=1S/C25H19NO6/c1-16-9-8-14-19(15-16)26-22(27)20(31-24(29)17-10-4-2-5-11-17)21(23(26)28)32-25(30)18-12-6-3-7-13-18/h2-15,20-21H,1H3/t20-,21-/m0/s1. The molecule has 0 bridgehead atoms. The van der Waals surface area contributed by atoms with Crippen molar-refractivity contribution in [2.45, 2.75) is 19.1 Å². The van der Waals surface area contributed by atoms with Crippen LogP contribution in [0.3, 0.4) is 0 Å². The molecule has 1 saturated heterocycles. The summed E-state index contributed by atoms with van der Waals surface area (Å²) in [4.78, 5) is 52.4. The third kappa shape index (κ3) is 4.13. The van der Waals surface area contributed by atoms with Crippen LogP contribution in [0, 0.1) is 6.92 Å². The van der Waals surface area contributed by atoms with Crippen molar-refractivity contribution in [3.8, 4) is 0 Å². The molecule has 1 heterocycles. The summed E-state index contributed by atoms with van der Waals surface area (Å²) in [6, 6.07) is 22.8. The topological polar surface area (TPSA) is 90.0 Å². The van der Waals surface area contributed by atoms with Crippen molar-refractivity contribution in [2.75, 3.05) is 4.90 Å². The van der Waals surface area contributed by atoms with E-state index in [2.05, 4.69) is 0 Å². The van der Waals surface area contributed by atoms with Crippen molar-refractivity contribution < 1.29 is 28.7 Å². The summed E-state index contributed by atoms with van der Waals surface area (Å²) >= 11 is 0. The molecule has 3 aromatic rings. The first-order valence-electron chi connectivity index (χ1n) is 9.92. The fourth-order valence-electron chi connectivity index (χ4n) is 3.38. The average Bonchev–Trinajstić information content (AvgIpc) is 3.04. The molecule has 0 N–H and O–H groups in total. The number of nitrogens with zero attached hydrogens (tertiary/aromatic N) is 1. The van der Waals surface area contributed by atoms with Crippen LogP contribution in [0.5, 0.6) is 0 Å². The van der Waals surface area contributed by atoms with Crippen molar-refractivity contribution in [1.82, 2.24) is 0 Å². The maximum atomic E-state index is 13.2. The summed E-state index contributed by atoms with van der Waals surface area (Å²) in [5, 5.41) is 0. The molecule has 0 saturated carbocycles. The zero-order valence-corrected chi connectivity index (χ0v) is 17.1. The van der Waals surface area contributed by atoms with Gasteiger partial charge >= 0.3 is 11.9 Å². The van der Waals surface area contributed by atoms with E-state index in [4.69, 9.17) is 9.47 Å². The van der Waals surface area contributed by atoms with Crippen LogP contribution in [0.15, 0.2) is 84.9 Å². The van der Waals surface area contributed by atoms with Gasteiger partial charge in [0.25, 0.3) is 11.8 Å². The van der Waals surface area contributed by atoms with Crippen LogP contribution in [0.25, 0.3) is 0 Å². The van der Waals surface area contributed by atoms with E-state index in [-0.39, 0.29) is 11.1 Å². The SMILES string of the molecule is Cc1cccc(N2C(=O)[C@@H](OC(=O)c3ccccc3)[C@H](OC(=O)c3ccccc3)C2=O)c1. The number of hydrogen-bond donors (Lipinski definition) is 0. The van der Waals surface area contributed by atoms with Gasteiger partial charge in [-0.1, -0.05) is 48.5 Å². The normalized spacial score (nSPS) is 17.8. The Morgan fingerprint density at radius 3 is 1.59 bits per heavy atom. The predicted octanol–water partition coefficient (Wildman–Crippen LogP) is 3.32. The van der Waals surface area contributed by atoms with Crippen LogP contribution < -0.4 is 4.90 Å². The van der Waals surface area contributed by atoms with Crippen LogP contribution in [-0.2, 0) is 19.1 Å². The highest BCUT2D eigenvalue weighted by Gasteiger charge is 2.53. The number of ether oxygens (including phenoxy) is 2. The Morgan fingerprint density at radius 1 is 0.688 bits per heavy atom. The van der Waals surface area contributed by atoms with Crippen LogP contribution >= 0.6 is 0 Å². The molecule has 1 aliphatic rings. The Morgan fingerprint density at radius 2 is 1.16 bits per heavy atom. The van der Waals surface area contributed by atoms with Gasteiger partial charge in [0, 0.05) is 0 Å².